The van der Waals surface area contributed by atoms with Crippen LogP contribution in [0.5, 0.6) is 0 Å². The van der Waals surface area contributed by atoms with Crippen LogP contribution < -0.4 is 0 Å². The maximum absolute atomic E-state index is 10.1. The van der Waals surface area contributed by atoms with Gasteiger partial charge in [0.15, 0.2) is 0 Å². The third kappa shape index (κ3) is 1.43. The molecule has 0 spiro atoms. The zero-order valence-electron chi connectivity index (χ0n) is 4.22. The van der Waals surface area contributed by atoms with Crippen LogP contribution in [-0.4, -0.2) is 55.2 Å². The van der Waals surface area contributed by atoms with E-state index in [0.717, 1.165) is 0 Å². The molecule has 0 aliphatic rings. The molecule has 0 aliphatic carbocycles. The minimum atomic E-state index is -1.14. The van der Waals surface area contributed by atoms with E-state index in [9.17, 15) is 4.79 Å². The molecule has 1 aromatic rings. The van der Waals surface area contributed by atoms with E-state index in [4.69, 9.17) is 5.11 Å². The first-order valence-corrected chi connectivity index (χ1v) is 3.99. The van der Waals surface area contributed by atoms with Crippen molar-refractivity contribution in [3.8, 4) is 0 Å². The molecule has 0 fully saturated rings. The first-order chi connectivity index (χ1) is 4.20. The van der Waals surface area contributed by atoms with Crippen molar-refractivity contribution in [2.45, 2.75) is 0 Å². The van der Waals surface area contributed by atoms with Crippen LogP contribution in [0.3, 0.4) is 0 Å². The molecular formula is C2HN4O2Tl. The van der Waals surface area contributed by atoms with Gasteiger partial charge in [-0.1, -0.05) is 0 Å². The van der Waals surface area contributed by atoms with Crippen molar-refractivity contribution in [2.24, 2.45) is 0 Å². The predicted octanol–water partition coefficient (Wildman–Crippen LogP) is -1.70. The van der Waals surface area contributed by atoms with Crippen molar-refractivity contribution in [3.05, 3.63) is 5.82 Å². The van der Waals surface area contributed by atoms with Gasteiger partial charge in [0.05, 0.1) is 0 Å². The first kappa shape index (κ1) is 6.58. The van der Waals surface area contributed by atoms with Gasteiger partial charge in [0.2, 0.25) is 0 Å². The van der Waals surface area contributed by atoms with Crippen molar-refractivity contribution < 1.29 is 9.90 Å². The quantitative estimate of drug-likeness (QED) is 0.625. The number of rotatable bonds is 1. The Morgan fingerprint density at radius 1 is 1.78 bits per heavy atom. The van der Waals surface area contributed by atoms with Crippen LogP contribution in [0, 0.1) is 0 Å². The Labute approximate surface area is 66.0 Å². The molecule has 0 saturated carbocycles. The van der Waals surface area contributed by atoms with Crippen LogP contribution in [0.15, 0.2) is 0 Å². The molecule has 0 aromatic carbocycles. The molecule has 0 radical (unpaired) electrons. The minimum absolute atomic E-state index is 0.238. The molecule has 44 valence electrons. The van der Waals surface area contributed by atoms with Crippen molar-refractivity contribution in [1.82, 2.24) is 18.0 Å². The molecule has 0 aliphatic heterocycles. The number of carbonyl (C=O) groups is 1. The fourth-order valence-electron chi connectivity index (χ4n) is 0.311. The maximum atomic E-state index is 10.1. The molecule has 0 amide bonds. The molecule has 0 bridgehead atoms. The van der Waals surface area contributed by atoms with E-state index in [-0.39, 0.29) is 5.82 Å². The second kappa shape index (κ2) is 2.37. The fraction of sp³-hybridized carbons (Fsp3) is 0. The molecule has 9 heavy (non-hydrogen) atoms. The average molecular weight is 317 g/mol. The SMILES string of the molecule is O=C(O)c1nn[n]([Tl])n1. The topological polar surface area (TPSA) is 80.9 Å². The molecule has 1 N–H and O–H groups in total. The third-order valence-corrected chi connectivity index (χ3v) is 1.47. The second-order valence-electron chi connectivity index (χ2n) is 1.24. The molecule has 0 atom stereocenters. The van der Waals surface area contributed by atoms with Gasteiger partial charge in [-0.05, 0) is 0 Å². The van der Waals surface area contributed by atoms with Crippen LogP contribution in [-0.2, 0) is 0 Å². The third-order valence-electron chi connectivity index (χ3n) is 0.620. The van der Waals surface area contributed by atoms with Crippen LogP contribution in [0.2, 0.25) is 0 Å². The molecule has 0 unspecified atom stereocenters. The molecule has 1 aromatic heterocycles. The summed E-state index contributed by atoms with van der Waals surface area (Å²) in [7, 11) is 0. The van der Waals surface area contributed by atoms with Gasteiger partial charge >= 0.3 is 65.8 Å². The summed E-state index contributed by atoms with van der Waals surface area (Å²) < 4.78 is 1.25. The Morgan fingerprint density at radius 2 is 2.44 bits per heavy atom. The second-order valence-corrected chi connectivity index (χ2v) is 3.03. The summed E-state index contributed by atoms with van der Waals surface area (Å²) >= 11 is 0.371. The Balaban J connectivity index is 2.98. The predicted molar refractivity (Wildman–Crippen MR) is 25.9 cm³/mol. The molecule has 1 heterocycles. The molecular weight excluding hydrogens is 316 g/mol. The molecule has 1 rings (SSSR count). The standard InChI is InChI=1S/C2H2N4O2.Tl/c7-2(8)1-3-5-6-4-1;/h(H2,3,4,5,6,7,8);/q;+1/p-1. The van der Waals surface area contributed by atoms with E-state index < -0.39 is 5.97 Å². The molecule has 7 heteroatoms. The van der Waals surface area contributed by atoms with Crippen LogP contribution in [0.1, 0.15) is 10.6 Å². The number of tetrazole rings is 1. The van der Waals surface area contributed by atoms with Crippen molar-refractivity contribution in [2.75, 3.05) is 0 Å². The van der Waals surface area contributed by atoms with Crippen LogP contribution in [0.25, 0.3) is 0 Å². The summed E-state index contributed by atoms with van der Waals surface area (Å²) in [5.74, 6) is -1.38. The number of nitrogens with zero attached hydrogens (tertiary/aromatic N) is 4. The van der Waals surface area contributed by atoms with E-state index >= 15 is 0 Å². The van der Waals surface area contributed by atoms with E-state index in [2.05, 4.69) is 15.4 Å². The van der Waals surface area contributed by atoms with E-state index in [1.807, 2.05) is 0 Å². The Kier molecular flexibility index (Phi) is 1.73. The summed E-state index contributed by atoms with van der Waals surface area (Å²) in [6, 6.07) is 0. The zero-order chi connectivity index (χ0) is 6.85. The van der Waals surface area contributed by atoms with Crippen molar-refractivity contribution in [1.29, 1.82) is 0 Å². The van der Waals surface area contributed by atoms with Gasteiger partial charge in [-0.15, -0.1) is 0 Å². The van der Waals surface area contributed by atoms with E-state index in [1.54, 1.807) is 0 Å². The van der Waals surface area contributed by atoms with Gasteiger partial charge in [-0.3, -0.25) is 0 Å². The van der Waals surface area contributed by atoms with Crippen molar-refractivity contribution in [3.63, 3.8) is 0 Å². The van der Waals surface area contributed by atoms with Crippen molar-refractivity contribution >= 4 is 32.0 Å². The summed E-state index contributed by atoms with van der Waals surface area (Å²) in [4.78, 5) is 10.1. The van der Waals surface area contributed by atoms with Gasteiger partial charge in [-0.2, -0.15) is 0 Å². The summed E-state index contributed by atoms with van der Waals surface area (Å²) in [5, 5.41) is 18.4. The van der Waals surface area contributed by atoms with Crippen LogP contribution >= 0.6 is 0 Å². The Hall–Kier alpha value is -0.538. The number of hydrogen-bond acceptors (Lipinski definition) is 4. The van der Waals surface area contributed by atoms with Gasteiger partial charge in [0, 0.05) is 0 Å². The van der Waals surface area contributed by atoms with E-state index in [1.165, 1.54) is 2.61 Å². The van der Waals surface area contributed by atoms with Crippen LogP contribution in [0.4, 0.5) is 0 Å². The number of hydrogen-bond donors (Lipinski definition) is 1. The molecule has 0 saturated heterocycles. The number of carboxylic acid groups (broad SMARTS) is 1. The van der Waals surface area contributed by atoms with Gasteiger partial charge < -0.3 is 0 Å². The summed E-state index contributed by atoms with van der Waals surface area (Å²) in [5.41, 5.74) is 0. The van der Waals surface area contributed by atoms with E-state index in [0.29, 0.717) is 26.1 Å². The number of aromatic carboxylic acids is 1. The normalized spacial score (nSPS) is 9.22. The Bertz CT molecular complexity index is 232. The average Bonchev–Trinajstić information content (AvgIpc) is 2.14. The zero-order valence-corrected chi connectivity index (χ0v) is 8.71. The number of aromatic nitrogens is 4. The first-order valence-electron chi connectivity index (χ1n) is 1.98. The monoisotopic (exact) mass is 318 g/mol. The number of carboxylic acids is 1. The van der Waals surface area contributed by atoms with Gasteiger partial charge in [0.25, 0.3) is 0 Å². The molecule has 6 nitrogen and oxygen atoms in total. The summed E-state index contributed by atoms with van der Waals surface area (Å²) in [6.07, 6.45) is 0. The van der Waals surface area contributed by atoms with Gasteiger partial charge in [0.1, 0.15) is 0 Å². The van der Waals surface area contributed by atoms with Gasteiger partial charge in [-0.25, -0.2) is 0 Å². The fourth-order valence-corrected chi connectivity index (χ4v) is 0.937. The Morgan fingerprint density at radius 3 is 2.67 bits per heavy atom. The summed E-state index contributed by atoms with van der Waals surface area (Å²) in [6.45, 7) is 0.